The van der Waals surface area contributed by atoms with E-state index in [4.69, 9.17) is 4.42 Å². The summed E-state index contributed by atoms with van der Waals surface area (Å²) in [5.74, 6) is 1.81. The molecule has 2 aromatic heterocycles. The zero-order valence-corrected chi connectivity index (χ0v) is 13.4. The predicted octanol–water partition coefficient (Wildman–Crippen LogP) is 3.21. The van der Waals surface area contributed by atoms with Gasteiger partial charge in [0.2, 0.25) is 0 Å². The minimum Gasteiger partial charge on any atom is -0.461 e. The van der Waals surface area contributed by atoms with E-state index in [0.717, 1.165) is 55.2 Å². The molecule has 118 valence electrons. The highest BCUT2D eigenvalue weighted by atomic mass is 16.3. The number of piperazine rings is 1. The normalized spacial score (nSPS) is 16.0. The van der Waals surface area contributed by atoms with Crippen molar-refractivity contribution < 1.29 is 4.42 Å². The predicted molar refractivity (Wildman–Crippen MR) is 92.3 cm³/mol. The third-order valence-corrected chi connectivity index (χ3v) is 4.45. The Kier molecular flexibility index (Phi) is 3.85. The molecule has 4 rings (SSSR count). The van der Waals surface area contributed by atoms with Gasteiger partial charge in [-0.2, -0.15) is 0 Å². The van der Waals surface area contributed by atoms with E-state index in [1.165, 1.54) is 10.9 Å². The van der Waals surface area contributed by atoms with E-state index in [9.17, 15) is 0 Å². The van der Waals surface area contributed by atoms with Crippen molar-refractivity contribution >= 4 is 10.8 Å². The second-order valence-electron chi connectivity index (χ2n) is 6.18. The van der Waals surface area contributed by atoms with Crippen molar-refractivity contribution in [3.63, 3.8) is 0 Å². The summed E-state index contributed by atoms with van der Waals surface area (Å²) in [4.78, 5) is 6.86. The van der Waals surface area contributed by atoms with Crippen LogP contribution in [-0.4, -0.2) is 36.1 Å². The summed E-state index contributed by atoms with van der Waals surface area (Å²) in [5, 5.41) is 5.76. The van der Waals surface area contributed by atoms with E-state index < -0.39 is 0 Å². The van der Waals surface area contributed by atoms with E-state index in [0.29, 0.717) is 0 Å². The molecule has 0 spiro atoms. The lowest BCUT2D eigenvalue weighted by Crippen LogP contribution is -2.42. The van der Waals surface area contributed by atoms with E-state index >= 15 is 0 Å². The minimum absolute atomic E-state index is 0.889. The van der Waals surface area contributed by atoms with Crippen LogP contribution in [0.15, 0.2) is 47.1 Å². The number of benzene rings is 1. The number of nitrogens with one attached hydrogen (secondary N) is 1. The highest BCUT2D eigenvalue weighted by molar-refractivity contribution is 5.95. The number of furan rings is 1. The molecule has 3 heterocycles. The van der Waals surface area contributed by atoms with Gasteiger partial charge in [-0.1, -0.05) is 12.1 Å². The topological polar surface area (TPSA) is 41.3 Å². The van der Waals surface area contributed by atoms with Crippen LogP contribution in [-0.2, 0) is 6.54 Å². The van der Waals surface area contributed by atoms with Crippen molar-refractivity contribution in [3.8, 4) is 11.3 Å². The molecule has 1 saturated heterocycles. The summed E-state index contributed by atoms with van der Waals surface area (Å²) >= 11 is 0. The Labute approximate surface area is 136 Å². The van der Waals surface area contributed by atoms with Gasteiger partial charge in [-0.3, -0.25) is 9.88 Å². The molecular weight excluding hydrogens is 286 g/mol. The fourth-order valence-electron chi connectivity index (χ4n) is 3.21. The number of hydrogen-bond donors (Lipinski definition) is 1. The van der Waals surface area contributed by atoms with Crippen molar-refractivity contribution in [2.75, 3.05) is 26.2 Å². The van der Waals surface area contributed by atoms with Gasteiger partial charge < -0.3 is 9.73 Å². The van der Waals surface area contributed by atoms with Crippen molar-refractivity contribution in [1.29, 1.82) is 0 Å². The summed E-state index contributed by atoms with van der Waals surface area (Å²) in [6.45, 7) is 7.34. The fourth-order valence-corrected chi connectivity index (χ4v) is 3.21. The minimum atomic E-state index is 0.889. The Morgan fingerprint density at radius 1 is 1.13 bits per heavy atom. The van der Waals surface area contributed by atoms with Crippen LogP contribution in [0.5, 0.6) is 0 Å². The Bertz CT molecular complexity index is 818. The molecule has 0 unspecified atom stereocenters. The number of rotatable bonds is 3. The molecule has 0 atom stereocenters. The quantitative estimate of drug-likeness (QED) is 0.807. The summed E-state index contributed by atoms with van der Waals surface area (Å²) in [6, 6.07) is 10.7. The summed E-state index contributed by atoms with van der Waals surface area (Å²) in [5.41, 5.74) is 2.41. The highest BCUT2D eigenvalue weighted by Gasteiger charge is 2.12. The second kappa shape index (κ2) is 6.14. The summed E-state index contributed by atoms with van der Waals surface area (Å²) in [7, 11) is 0. The molecular formula is C19H21N3O. The highest BCUT2D eigenvalue weighted by Crippen LogP contribution is 2.30. The Morgan fingerprint density at radius 2 is 2.00 bits per heavy atom. The zero-order valence-electron chi connectivity index (χ0n) is 13.4. The van der Waals surface area contributed by atoms with Crippen LogP contribution < -0.4 is 5.32 Å². The van der Waals surface area contributed by atoms with Gasteiger partial charge in [-0.15, -0.1) is 0 Å². The van der Waals surface area contributed by atoms with Gasteiger partial charge >= 0.3 is 0 Å². The fraction of sp³-hybridized carbons (Fsp3) is 0.316. The molecule has 0 saturated carbocycles. The molecule has 4 heteroatoms. The lowest BCUT2D eigenvalue weighted by molar-refractivity contribution is 0.233. The van der Waals surface area contributed by atoms with Crippen LogP contribution in [0.2, 0.25) is 0 Å². The molecule has 1 N–H and O–H groups in total. The standard InChI is InChI=1S/C19H21N3O/c1-14-2-5-19(23-14)18-12-21-11-16-4-3-15(10-17(16)18)13-22-8-6-20-7-9-22/h2-5,10-12,20H,6-9,13H2,1H3. The van der Waals surface area contributed by atoms with Crippen LogP contribution in [0.3, 0.4) is 0 Å². The maximum absolute atomic E-state index is 5.81. The maximum Gasteiger partial charge on any atom is 0.136 e. The molecule has 1 fully saturated rings. The Hall–Kier alpha value is -2.17. The van der Waals surface area contributed by atoms with E-state index in [-0.39, 0.29) is 0 Å². The van der Waals surface area contributed by atoms with Gasteiger partial charge in [0.1, 0.15) is 11.5 Å². The second-order valence-corrected chi connectivity index (χ2v) is 6.18. The summed E-state index contributed by atoms with van der Waals surface area (Å²) < 4.78 is 5.81. The third-order valence-electron chi connectivity index (χ3n) is 4.45. The smallest absolute Gasteiger partial charge is 0.136 e. The number of aryl methyl sites for hydroxylation is 1. The molecule has 4 nitrogen and oxygen atoms in total. The van der Waals surface area contributed by atoms with Crippen LogP contribution >= 0.6 is 0 Å². The molecule has 0 amide bonds. The first-order valence-electron chi connectivity index (χ1n) is 8.16. The van der Waals surface area contributed by atoms with Gasteiger partial charge in [0.05, 0.1) is 0 Å². The SMILES string of the molecule is Cc1ccc(-c2cncc3ccc(CN4CCNCC4)cc23)o1. The summed E-state index contributed by atoms with van der Waals surface area (Å²) in [6.07, 6.45) is 3.82. The zero-order chi connectivity index (χ0) is 15.6. The van der Waals surface area contributed by atoms with E-state index in [1.807, 2.05) is 31.5 Å². The van der Waals surface area contributed by atoms with Gasteiger partial charge in [0, 0.05) is 56.1 Å². The number of pyridine rings is 1. The van der Waals surface area contributed by atoms with Crippen LogP contribution in [0.4, 0.5) is 0 Å². The molecule has 0 aliphatic carbocycles. The molecule has 1 aromatic carbocycles. The van der Waals surface area contributed by atoms with Crippen LogP contribution in [0, 0.1) is 6.92 Å². The van der Waals surface area contributed by atoms with Crippen molar-refractivity contribution in [1.82, 2.24) is 15.2 Å². The Balaban J connectivity index is 1.71. The molecule has 3 aromatic rings. The van der Waals surface area contributed by atoms with E-state index in [1.54, 1.807) is 0 Å². The first kappa shape index (κ1) is 14.4. The number of aromatic nitrogens is 1. The molecule has 23 heavy (non-hydrogen) atoms. The first-order chi connectivity index (χ1) is 11.3. The molecule has 0 bridgehead atoms. The monoisotopic (exact) mass is 307 g/mol. The largest absolute Gasteiger partial charge is 0.461 e. The average molecular weight is 307 g/mol. The average Bonchev–Trinajstić information content (AvgIpc) is 3.01. The lowest BCUT2D eigenvalue weighted by Gasteiger charge is -2.27. The van der Waals surface area contributed by atoms with Crippen molar-refractivity contribution in [3.05, 3.63) is 54.0 Å². The van der Waals surface area contributed by atoms with Gasteiger partial charge in [-0.25, -0.2) is 0 Å². The lowest BCUT2D eigenvalue weighted by atomic mass is 10.0. The Morgan fingerprint density at radius 3 is 2.78 bits per heavy atom. The van der Waals surface area contributed by atoms with Crippen LogP contribution in [0.25, 0.3) is 22.1 Å². The molecule has 0 radical (unpaired) electrons. The van der Waals surface area contributed by atoms with E-state index in [2.05, 4.69) is 33.4 Å². The van der Waals surface area contributed by atoms with Crippen molar-refractivity contribution in [2.45, 2.75) is 13.5 Å². The van der Waals surface area contributed by atoms with Crippen molar-refractivity contribution in [2.24, 2.45) is 0 Å². The number of hydrogen-bond acceptors (Lipinski definition) is 4. The molecule has 1 aliphatic heterocycles. The molecule has 1 aliphatic rings. The number of fused-ring (bicyclic) bond motifs is 1. The van der Waals surface area contributed by atoms with Gasteiger partial charge in [0.25, 0.3) is 0 Å². The first-order valence-corrected chi connectivity index (χ1v) is 8.16. The maximum atomic E-state index is 5.81. The third kappa shape index (κ3) is 3.00. The van der Waals surface area contributed by atoms with Gasteiger partial charge in [0.15, 0.2) is 0 Å². The van der Waals surface area contributed by atoms with Gasteiger partial charge in [-0.05, 0) is 36.1 Å². The van der Waals surface area contributed by atoms with Crippen LogP contribution in [0.1, 0.15) is 11.3 Å². The number of nitrogens with zero attached hydrogens (tertiary/aromatic N) is 2.